The molecule has 0 unspecified atom stereocenters. The van der Waals surface area contributed by atoms with E-state index in [0.717, 1.165) is 5.69 Å². The first-order valence-corrected chi connectivity index (χ1v) is 4.63. The SMILES string of the molecule is O=C(/C=C/c1ccccn1)CBr. The molecule has 0 fully saturated rings. The van der Waals surface area contributed by atoms with E-state index in [1.54, 1.807) is 12.3 Å². The standard InChI is InChI=1S/C9H8BrNO/c10-7-9(12)5-4-8-3-1-2-6-11-8/h1-6H,7H2/b5-4+. The summed E-state index contributed by atoms with van der Waals surface area (Å²) >= 11 is 3.07. The molecule has 1 heterocycles. The highest BCUT2D eigenvalue weighted by molar-refractivity contribution is 9.09. The van der Waals surface area contributed by atoms with E-state index in [9.17, 15) is 4.79 Å². The highest BCUT2D eigenvalue weighted by Gasteiger charge is 1.90. The third kappa shape index (κ3) is 2.96. The van der Waals surface area contributed by atoms with Gasteiger partial charge in [0, 0.05) is 6.20 Å². The van der Waals surface area contributed by atoms with Crippen LogP contribution in [0.1, 0.15) is 5.69 Å². The molecule has 62 valence electrons. The van der Waals surface area contributed by atoms with Crippen molar-refractivity contribution in [2.24, 2.45) is 0 Å². The van der Waals surface area contributed by atoms with E-state index in [4.69, 9.17) is 0 Å². The Labute approximate surface area is 79.5 Å². The van der Waals surface area contributed by atoms with Crippen LogP contribution in [-0.2, 0) is 4.79 Å². The number of ketones is 1. The van der Waals surface area contributed by atoms with Gasteiger partial charge in [-0.05, 0) is 24.3 Å². The first-order chi connectivity index (χ1) is 5.83. The van der Waals surface area contributed by atoms with Crippen LogP contribution >= 0.6 is 15.9 Å². The lowest BCUT2D eigenvalue weighted by atomic mass is 10.3. The summed E-state index contributed by atoms with van der Waals surface area (Å²) in [4.78, 5) is 14.9. The highest BCUT2D eigenvalue weighted by atomic mass is 79.9. The first kappa shape index (κ1) is 9.13. The zero-order chi connectivity index (χ0) is 8.81. The third-order valence-electron chi connectivity index (χ3n) is 1.26. The molecular weight excluding hydrogens is 218 g/mol. The maximum atomic E-state index is 10.8. The van der Waals surface area contributed by atoms with Gasteiger partial charge in [0.15, 0.2) is 5.78 Å². The quantitative estimate of drug-likeness (QED) is 0.583. The van der Waals surface area contributed by atoms with Crippen molar-refractivity contribution in [2.45, 2.75) is 0 Å². The average Bonchev–Trinajstić information content (AvgIpc) is 2.16. The number of nitrogens with zero attached hydrogens (tertiary/aromatic N) is 1. The molecule has 0 saturated heterocycles. The van der Waals surface area contributed by atoms with Crippen LogP contribution in [0.4, 0.5) is 0 Å². The van der Waals surface area contributed by atoms with E-state index >= 15 is 0 Å². The zero-order valence-electron chi connectivity index (χ0n) is 6.40. The number of alkyl halides is 1. The largest absolute Gasteiger partial charge is 0.294 e. The molecule has 1 aromatic heterocycles. The van der Waals surface area contributed by atoms with Gasteiger partial charge in [0.25, 0.3) is 0 Å². The Kier molecular flexibility index (Phi) is 3.67. The number of hydrogen-bond acceptors (Lipinski definition) is 2. The molecule has 12 heavy (non-hydrogen) atoms. The number of rotatable bonds is 3. The van der Waals surface area contributed by atoms with E-state index in [1.807, 2.05) is 18.2 Å². The van der Waals surface area contributed by atoms with Gasteiger partial charge in [-0.25, -0.2) is 0 Å². The second-order valence-electron chi connectivity index (χ2n) is 2.19. The Morgan fingerprint density at radius 2 is 2.42 bits per heavy atom. The topological polar surface area (TPSA) is 30.0 Å². The molecule has 0 amide bonds. The lowest BCUT2D eigenvalue weighted by Crippen LogP contribution is -1.91. The summed E-state index contributed by atoms with van der Waals surface area (Å²) < 4.78 is 0. The summed E-state index contributed by atoms with van der Waals surface area (Å²) in [6.45, 7) is 0. The van der Waals surface area contributed by atoms with Crippen LogP contribution in [0.15, 0.2) is 30.5 Å². The number of halogens is 1. The Bertz CT molecular complexity index is 282. The highest BCUT2D eigenvalue weighted by Crippen LogP contribution is 1.96. The summed E-state index contributed by atoms with van der Waals surface area (Å²) in [5, 5.41) is 0.357. The van der Waals surface area contributed by atoms with Crippen molar-refractivity contribution in [3.8, 4) is 0 Å². The minimum Gasteiger partial charge on any atom is -0.294 e. The van der Waals surface area contributed by atoms with Crippen LogP contribution in [0, 0.1) is 0 Å². The first-order valence-electron chi connectivity index (χ1n) is 3.51. The minimum atomic E-state index is 0.0423. The van der Waals surface area contributed by atoms with Crippen LogP contribution < -0.4 is 0 Å². The van der Waals surface area contributed by atoms with E-state index in [1.165, 1.54) is 6.08 Å². The fraction of sp³-hybridized carbons (Fsp3) is 0.111. The molecular formula is C9H8BrNO. The smallest absolute Gasteiger partial charge is 0.166 e. The van der Waals surface area contributed by atoms with E-state index in [-0.39, 0.29) is 5.78 Å². The van der Waals surface area contributed by atoms with Gasteiger partial charge in [0.1, 0.15) is 0 Å². The van der Waals surface area contributed by atoms with E-state index in [0.29, 0.717) is 5.33 Å². The van der Waals surface area contributed by atoms with Gasteiger partial charge < -0.3 is 0 Å². The van der Waals surface area contributed by atoms with Crippen molar-refractivity contribution >= 4 is 27.8 Å². The van der Waals surface area contributed by atoms with Gasteiger partial charge in [0.2, 0.25) is 0 Å². The molecule has 0 bridgehead atoms. The normalized spacial score (nSPS) is 10.4. The lowest BCUT2D eigenvalue weighted by molar-refractivity contribution is -0.112. The Morgan fingerprint density at radius 3 is 3.00 bits per heavy atom. The van der Waals surface area contributed by atoms with Gasteiger partial charge in [-0.3, -0.25) is 9.78 Å². The Morgan fingerprint density at radius 1 is 1.58 bits per heavy atom. The second-order valence-corrected chi connectivity index (χ2v) is 2.75. The van der Waals surface area contributed by atoms with Gasteiger partial charge in [-0.15, -0.1) is 0 Å². The number of carbonyl (C=O) groups excluding carboxylic acids is 1. The fourth-order valence-electron chi connectivity index (χ4n) is 0.697. The average molecular weight is 226 g/mol. The van der Waals surface area contributed by atoms with E-state index < -0.39 is 0 Å². The van der Waals surface area contributed by atoms with Gasteiger partial charge in [0.05, 0.1) is 11.0 Å². The monoisotopic (exact) mass is 225 g/mol. The summed E-state index contributed by atoms with van der Waals surface area (Å²) in [6, 6.07) is 5.56. The molecule has 3 heteroatoms. The van der Waals surface area contributed by atoms with Gasteiger partial charge >= 0.3 is 0 Å². The second kappa shape index (κ2) is 4.83. The van der Waals surface area contributed by atoms with E-state index in [2.05, 4.69) is 20.9 Å². The van der Waals surface area contributed by atoms with Crippen molar-refractivity contribution in [3.05, 3.63) is 36.2 Å². The molecule has 0 N–H and O–H groups in total. The molecule has 0 aliphatic rings. The summed E-state index contributed by atoms with van der Waals surface area (Å²) in [7, 11) is 0. The number of pyridine rings is 1. The minimum absolute atomic E-state index is 0.0423. The summed E-state index contributed by atoms with van der Waals surface area (Å²) in [5.74, 6) is 0.0423. The number of carbonyl (C=O) groups is 1. The molecule has 2 nitrogen and oxygen atoms in total. The van der Waals surface area contributed by atoms with Crippen molar-refractivity contribution in [1.29, 1.82) is 0 Å². The molecule has 0 spiro atoms. The number of allylic oxidation sites excluding steroid dienone is 1. The maximum absolute atomic E-state index is 10.8. The predicted molar refractivity (Wildman–Crippen MR) is 52.1 cm³/mol. The predicted octanol–water partition coefficient (Wildman–Crippen LogP) is 2.06. The lowest BCUT2D eigenvalue weighted by Gasteiger charge is -1.88. The van der Waals surface area contributed by atoms with Crippen LogP contribution in [0.2, 0.25) is 0 Å². The van der Waals surface area contributed by atoms with Crippen LogP contribution in [0.5, 0.6) is 0 Å². The third-order valence-corrected chi connectivity index (χ3v) is 1.81. The Balaban J connectivity index is 2.64. The molecule has 0 aliphatic heterocycles. The van der Waals surface area contributed by atoms with Crippen molar-refractivity contribution < 1.29 is 4.79 Å². The molecule has 1 rings (SSSR count). The van der Waals surface area contributed by atoms with Gasteiger partial charge in [-0.1, -0.05) is 22.0 Å². The Hall–Kier alpha value is -0.960. The van der Waals surface area contributed by atoms with Crippen LogP contribution in [0.3, 0.4) is 0 Å². The number of hydrogen-bond donors (Lipinski definition) is 0. The van der Waals surface area contributed by atoms with Crippen molar-refractivity contribution in [2.75, 3.05) is 5.33 Å². The molecule has 1 aromatic rings. The maximum Gasteiger partial charge on any atom is 0.166 e. The molecule has 0 atom stereocenters. The summed E-state index contributed by atoms with van der Waals surface area (Å²) in [6.07, 6.45) is 4.90. The molecule has 0 aliphatic carbocycles. The molecule has 0 aromatic carbocycles. The molecule has 0 saturated carbocycles. The van der Waals surface area contributed by atoms with Gasteiger partial charge in [-0.2, -0.15) is 0 Å². The number of aromatic nitrogens is 1. The molecule has 0 radical (unpaired) electrons. The summed E-state index contributed by atoms with van der Waals surface area (Å²) in [5.41, 5.74) is 0.798. The fourth-order valence-corrected chi connectivity index (χ4v) is 0.884. The van der Waals surface area contributed by atoms with Crippen LogP contribution in [0.25, 0.3) is 6.08 Å². The zero-order valence-corrected chi connectivity index (χ0v) is 7.99. The van der Waals surface area contributed by atoms with Crippen LogP contribution in [-0.4, -0.2) is 16.1 Å². The van der Waals surface area contributed by atoms with Crippen molar-refractivity contribution in [3.63, 3.8) is 0 Å². The van der Waals surface area contributed by atoms with Crippen molar-refractivity contribution in [1.82, 2.24) is 4.98 Å².